The topological polar surface area (TPSA) is 28.7 Å². The van der Waals surface area contributed by atoms with E-state index >= 15 is 0 Å². The van der Waals surface area contributed by atoms with E-state index in [1.54, 1.807) is 11.3 Å². The summed E-state index contributed by atoms with van der Waals surface area (Å²) in [5.41, 5.74) is 4.13. The van der Waals surface area contributed by atoms with Crippen LogP contribution in [0.15, 0.2) is 72.1 Å². The Hall–Kier alpha value is -2.36. The minimum absolute atomic E-state index is 0.726. The maximum Gasteiger partial charge on any atom is 0.148 e. The normalized spacial score (nSPS) is 10.8. The number of benzene rings is 2. The average molecular weight is 337 g/mol. The quantitative estimate of drug-likeness (QED) is 0.479. The monoisotopic (exact) mass is 336 g/mol. The molecule has 4 heteroatoms. The molecule has 4 rings (SSSR count). The van der Waals surface area contributed by atoms with Gasteiger partial charge in [-0.1, -0.05) is 60.1 Å². The van der Waals surface area contributed by atoms with Crippen LogP contribution in [0.5, 0.6) is 0 Å². The van der Waals surface area contributed by atoms with Crippen molar-refractivity contribution in [2.24, 2.45) is 0 Å². The molecule has 2 heterocycles. The van der Waals surface area contributed by atoms with Gasteiger partial charge in [-0.05, 0) is 23.6 Å². The van der Waals surface area contributed by atoms with E-state index in [9.17, 15) is 0 Å². The van der Waals surface area contributed by atoms with Crippen LogP contribution in [-0.4, -0.2) is 9.97 Å². The Morgan fingerprint density at radius 3 is 2.30 bits per heavy atom. The number of imidazole rings is 1. The Kier molecular flexibility index (Phi) is 3.74. The highest BCUT2D eigenvalue weighted by molar-refractivity contribution is 7.13. The van der Waals surface area contributed by atoms with Crippen LogP contribution in [-0.2, 0) is 0 Å². The molecular weight excluding hydrogens is 324 g/mol. The second-order valence-corrected chi connectivity index (χ2v) is 6.54. The van der Waals surface area contributed by atoms with Gasteiger partial charge in [0.2, 0.25) is 0 Å². The van der Waals surface area contributed by atoms with Gasteiger partial charge < -0.3 is 4.98 Å². The van der Waals surface area contributed by atoms with Crippen molar-refractivity contribution in [2.75, 3.05) is 0 Å². The number of hydrogen-bond acceptors (Lipinski definition) is 2. The predicted molar refractivity (Wildman–Crippen MR) is 97.8 cm³/mol. The number of nitrogens with one attached hydrogen (secondary N) is 1. The second kappa shape index (κ2) is 6.03. The number of aromatic amines is 1. The van der Waals surface area contributed by atoms with E-state index in [0.717, 1.165) is 38.2 Å². The fourth-order valence-electron chi connectivity index (χ4n) is 2.53. The fourth-order valence-corrected chi connectivity index (χ4v) is 3.33. The van der Waals surface area contributed by atoms with Crippen molar-refractivity contribution < 1.29 is 0 Å². The predicted octanol–water partition coefficient (Wildman–Crippen LogP) is 6.13. The number of hydrogen-bond donors (Lipinski definition) is 1. The lowest BCUT2D eigenvalue weighted by atomic mass is 10.1. The third-order valence-electron chi connectivity index (χ3n) is 3.64. The van der Waals surface area contributed by atoms with Gasteiger partial charge in [0, 0.05) is 16.1 Å². The number of thiophene rings is 1. The molecule has 0 saturated heterocycles. The van der Waals surface area contributed by atoms with Crippen LogP contribution in [0, 0.1) is 0 Å². The summed E-state index contributed by atoms with van der Waals surface area (Å²) < 4.78 is 0. The first-order valence-electron chi connectivity index (χ1n) is 7.26. The zero-order valence-electron chi connectivity index (χ0n) is 12.2. The van der Waals surface area contributed by atoms with E-state index in [1.165, 1.54) is 0 Å². The molecule has 0 aliphatic heterocycles. The molecule has 0 spiro atoms. The molecule has 2 aromatic heterocycles. The summed E-state index contributed by atoms with van der Waals surface area (Å²) in [4.78, 5) is 9.45. The lowest BCUT2D eigenvalue weighted by molar-refractivity contribution is 1.33. The Labute approximate surface area is 143 Å². The van der Waals surface area contributed by atoms with Gasteiger partial charge in [-0.15, -0.1) is 11.3 Å². The van der Waals surface area contributed by atoms with Crippen molar-refractivity contribution >= 4 is 22.9 Å². The molecule has 0 radical (unpaired) electrons. The SMILES string of the molecule is Clc1ccc(-c2nc(-c3cccs3)[nH]c2-c2ccccc2)cc1. The maximum absolute atomic E-state index is 6.02. The number of aromatic nitrogens is 2. The van der Waals surface area contributed by atoms with Crippen molar-refractivity contribution in [1.29, 1.82) is 0 Å². The van der Waals surface area contributed by atoms with Crippen LogP contribution < -0.4 is 0 Å². The molecule has 0 amide bonds. The molecule has 0 saturated carbocycles. The summed E-state index contributed by atoms with van der Waals surface area (Å²) in [6.07, 6.45) is 0. The van der Waals surface area contributed by atoms with Gasteiger partial charge in [-0.3, -0.25) is 0 Å². The van der Waals surface area contributed by atoms with Crippen molar-refractivity contribution in [3.05, 3.63) is 77.1 Å². The Morgan fingerprint density at radius 2 is 1.61 bits per heavy atom. The summed E-state index contributed by atoms with van der Waals surface area (Å²) in [5, 5.41) is 2.78. The summed E-state index contributed by atoms with van der Waals surface area (Å²) in [6, 6.07) is 22.2. The molecule has 23 heavy (non-hydrogen) atoms. The zero-order chi connectivity index (χ0) is 15.6. The van der Waals surface area contributed by atoms with Crippen molar-refractivity contribution in [1.82, 2.24) is 9.97 Å². The standard InChI is InChI=1S/C19H13ClN2S/c20-15-10-8-14(9-11-15)18-17(13-5-2-1-3-6-13)21-19(22-18)16-7-4-12-23-16/h1-12H,(H,21,22). The molecule has 0 aliphatic rings. The van der Waals surface area contributed by atoms with Crippen LogP contribution in [0.25, 0.3) is 33.2 Å². The van der Waals surface area contributed by atoms with Crippen LogP contribution in [0.2, 0.25) is 5.02 Å². The molecule has 4 aromatic rings. The van der Waals surface area contributed by atoms with Gasteiger partial charge in [-0.25, -0.2) is 4.98 Å². The molecule has 2 nitrogen and oxygen atoms in total. The molecule has 1 N–H and O–H groups in total. The van der Waals surface area contributed by atoms with E-state index in [4.69, 9.17) is 16.6 Å². The number of halogens is 1. The first kappa shape index (κ1) is 14.2. The summed E-state index contributed by atoms with van der Waals surface area (Å²) >= 11 is 7.69. The highest BCUT2D eigenvalue weighted by Gasteiger charge is 2.15. The van der Waals surface area contributed by atoms with E-state index in [2.05, 4.69) is 28.6 Å². The third-order valence-corrected chi connectivity index (χ3v) is 4.77. The van der Waals surface area contributed by atoms with E-state index < -0.39 is 0 Å². The molecule has 0 unspecified atom stereocenters. The van der Waals surface area contributed by atoms with Crippen molar-refractivity contribution in [3.63, 3.8) is 0 Å². The van der Waals surface area contributed by atoms with Gasteiger partial charge in [0.25, 0.3) is 0 Å². The molecular formula is C19H13ClN2S. The first-order chi connectivity index (χ1) is 11.3. The minimum atomic E-state index is 0.726. The van der Waals surface area contributed by atoms with E-state index in [0.29, 0.717) is 0 Å². The molecule has 0 atom stereocenters. The number of nitrogens with zero attached hydrogens (tertiary/aromatic N) is 1. The van der Waals surface area contributed by atoms with Crippen molar-refractivity contribution in [3.8, 4) is 33.2 Å². The summed E-state index contributed by atoms with van der Waals surface area (Å²) in [7, 11) is 0. The minimum Gasteiger partial charge on any atom is -0.337 e. The third kappa shape index (κ3) is 2.81. The van der Waals surface area contributed by atoms with E-state index in [1.807, 2.05) is 48.5 Å². The molecule has 0 bridgehead atoms. The Morgan fingerprint density at radius 1 is 0.826 bits per heavy atom. The second-order valence-electron chi connectivity index (χ2n) is 5.16. The highest BCUT2D eigenvalue weighted by Crippen LogP contribution is 2.34. The lowest BCUT2D eigenvalue weighted by Gasteiger charge is -2.03. The largest absolute Gasteiger partial charge is 0.337 e. The molecule has 0 aliphatic carbocycles. The van der Waals surface area contributed by atoms with Crippen molar-refractivity contribution in [2.45, 2.75) is 0 Å². The van der Waals surface area contributed by atoms with Gasteiger partial charge >= 0.3 is 0 Å². The van der Waals surface area contributed by atoms with Gasteiger partial charge in [0.1, 0.15) is 5.82 Å². The molecule has 2 aromatic carbocycles. The van der Waals surface area contributed by atoms with Crippen LogP contribution in [0.1, 0.15) is 0 Å². The number of rotatable bonds is 3. The van der Waals surface area contributed by atoms with Gasteiger partial charge in [0.05, 0.1) is 16.3 Å². The van der Waals surface area contributed by atoms with Crippen LogP contribution in [0.4, 0.5) is 0 Å². The van der Waals surface area contributed by atoms with Gasteiger partial charge in [0.15, 0.2) is 0 Å². The molecule has 112 valence electrons. The average Bonchev–Trinajstić information content (AvgIpc) is 3.26. The van der Waals surface area contributed by atoms with E-state index in [-0.39, 0.29) is 0 Å². The first-order valence-corrected chi connectivity index (χ1v) is 8.52. The zero-order valence-corrected chi connectivity index (χ0v) is 13.7. The number of H-pyrrole nitrogens is 1. The smallest absolute Gasteiger partial charge is 0.148 e. The van der Waals surface area contributed by atoms with Crippen LogP contribution >= 0.6 is 22.9 Å². The summed E-state index contributed by atoms with van der Waals surface area (Å²) in [6.45, 7) is 0. The maximum atomic E-state index is 6.02. The fraction of sp³-hybridized carbons (Fsp3) is 0. The highest BCUT2D eigenvalue weighted by atomic mass is 35.5. The van der Waals surface area contributed by atoms with Crippen LogP contribution in [0.3, 0.4) is 0 Å². The Bertz CT molecular complexity index is 910. The lowest BCUT2D eigenvalue weighted by Crippen LogP contribution is -1.83. The van der Waals surface area contributed by atoms with Gasteiger partial charge in [-0.2, -0.15) is 0 Å². The summed E-state index contributed by atoms with van der Waals surface area (Å²) in [5.74, 6) is 0.892. The molecule has 0 fully saturated rings. The Balaban J connectivity index is 1.90.